The lowest BCUT2D eigenvalue weighted by molar-refractivity contribution is 0.153. The number of benzene rings is 1. The highest BCUT2D eigenvalue weighted by Gasteiger charge is 2.24. The average Bonchev–Trinajstić information content (AvgIpc) is 2.51. The van der Waals surface area contributed by atoms with Crippen LogP contribution in [0.4, 0.5) is 0 Å². The van der Waals surface area contributed by atoms with Crippen molar-refractivity contribution in [1.82, 2.24) is 15.2 Å². The molecule has 1 aliphatic heterocycles. The fourth-order valence-corrected chi connectivity index (χ4v) is 3.09. The van der Waals surface area contributed by atoms with Crippen molar-refractivity contribution in [2.24, 2.45) is 0 Å². The Morgan fingerprint density at radius 2 is 2.10 bits per heavy atom. The van der Waals surface area contributed by atoms with Gasteiger partial charge in [-0.3, -0.25) is 9.88 Å². The molecule has 2 heterocycles. The van der Waals surface area contributed by atoms with Gasteiger partial charge in [-0.05, 0) is 23.3 Å². The Morgan fingerprint density at radius 1 is 1.24 bits per heavy atom. The normalized spacial score (nSPS) is 19.0. The molecule has 3 nitrogen and oxygen atoms in total. The van der Waals surface area contributed by atoms with E-state index in [0.29, 0.717) is 6.04 Å². The van der Waals surface area contributed by atoms with Gasteiger partial charge in [-0.1, -0.05) is 40.2 Å². The summed E-state index contributed by atoms with van der Waals surface area (Å²) in [4.78, 5) is 6.78. The monoisotopic (exact) mass is 367 g/mol. The molecule has 1 saturated heterocycles. The number of pyridine rings is 1. The number of hydrogen-bond acceptors (Lipinski definition) is 3. The Bertz CT molecular complexity index is 564. The van der Waals surface area contributed by atoms with Crippen LogP contribution in [-0.4, -0.2) is 29.5 Å². The van der Waals surface area contributed by atoms with Crippen LogP contribution < -0.4 is 5.32 Å². The van der Waals surface area contributed by atoms with E-state index in [1.54, 1.807) is 0 Å². The third-order valence-electron chi connectivity index (χ3n) is 3.75. The highest BCUT2D eigenvalue weighted by atomic mass is 79.9. The van der Waals surface area contributed by atoms with Gasteiger partial charge in [0.1, 0.15) is 0 Å². The van der Waals surface area contributed by atoms with Crippen molar-refractivity contribution in [1.29, 1.82) is 0 Å². The molecule has 0 radical (unpaired) electrons. The van der Waals surface area contributed by atoms with Gasteiger partial charge in [0.2, 0.25) is 0 Å². The fraction of sp³-hybridized carbons (Fsp3) is 0.312. The van der Waals surface area contributed by atoms with E-state index in [4.69, 9.17) is 0 Å². The van der Waals surface area contributed by atoms with Gasteiger partial charge in [-0.2, -0.15) is 0 Å². The van der Waals surface area contributed by atoms with Gasteiger partial charge < -0.3 is 5.32 Å². The molecule has 21 heavy (non-hydrogen) atoms. The van der Waals surface area contributed by atoms with Crippen LogP contribution in [0.3, 0.4) is 0 Å². The average molecular weight is 369 g/mol. The van der Waals surface area contributed by atoms with Crippen LogP contribution in [0.1, 0.15) is 17.2 Å². The van der Waals surface area contributed by atoms with Crippen molar-refractivity contribution in [2.75, 3.05) is 19.6 Å². The van der Waals surface area contributed by atoms with Crippen LogP contribution >= 0.6 is 28.3 Å². The van der Waals surface area contributed by atoms with Gasteiger partial charge in [-0.15, -0.1) is 12.4 Å². The zero-order valence-electron chi connectivity index (χ0n) is 11.7. The van der Waals surface area contributed by atoms with Crippen molar-refractivity contribution < 1.29 is 0 Å². The van der Waals surface area contributed by atoms with Crippen LogP contribution in [0, 0.1) is 0 Å². The summed E-state index contributed by atoms with van der Waals surface area (Å²) in [6.45, 7) is 4.04. The molecule has 1 aliphatic rings. The topological polar surface area (TPSA) is 28.2 Å². The molecule has 1 atom stereocenters. The first kappa shape index (κ1) is 16.4. The first-order valence-corrected chi connectivity index (χ1v) is 7.72. The second kappa shape index (κ2) is 7.90. The summed E-state index contributed by atoms with van der Waals surface area (Å²) in [7, 11) is 0. The van der Waals surface area contributed by atoms with E-state index in [0.717, 1.165) is 26.2 Å². The highest BCUT2D eigenvalue weighted by Crippen LogP contribution is 2.26. The van der Waals surface area contributed by atoms with Gasteiger partial charge in [0.05, 0.1) is 0 Å². The first-order chi connectivity index (χ1) is 9.84. The SMILES string of the molecule is Brc1ccccc1CN1CCNCC1c1cccnc1.Cl. The van der Waals surface area contributed by atoms with Crippen molar-refractivity contribution in [2.45, 2.75) is 12.6 Å². The molecule has 112 valence electrons. The number of piperazine rings is 1. The maximum atomic E-state index is 4.26. The molecule has 0 saturated carbocycles. The van der Waals surface area contributed by atoms with Crippen LogP contribution in [0.15, 0.2) is 53.3 Å². The molecule has 1 N–H and O–H groups in total. The fourth-order valence-electron chi connectivity index (χ4n) is 2.68. The molecule has 0 spiro atoms. The molecule has 1 aromatic heterocycles. The summed E-state index contributed by atoms with van der Waals surface area (Å²) >= 11 is 3.64. The summed E-state index contributed by atoms with van der Waals surface area (Å²) < 4.78 is 1.18. The molecule has 0 bridgehead atoms. The minimum Gasteiger partial charge on any atom is -0.314 e. The molecule has 2 aromatic rings. The largest absolute Gasteiger partial charge is 0.314 e. The quantitative estimate of drug-likeness (QED) is 0.900. The summed E-state index contributed by atoms with van der Waals surface area (Å²) in [5, 5.41) is 3.48. The summed E-state index contributed by atoms with van der Waals surface area (Å²) in [6.07, 6.45) is 3.81. The van der Waals surface area contributed by atoms with E-state index in [2.05, 4.69) is 61.5 Å². The van der Waals surface area contributed by atoms with Gasteiger partial charge in [0.25, 0.3) is 0 Å². The predicted octanol–water partition coefficient (Wildman–Crippen LogP) is 3.41. The summed E-state index contributed by atoms with van der Waals surface area (Å²) in [5.41, 5.74) is 2.62. The number of nitrogens with zero attached hydrogens (tertiary/aromatic N) is 2. The minimum atomic E-state index is 0. The Hall–Kier alpha value is -0.940. The van der Waals surface area contributed by atoms with Crippen molar-refractivity contribution >= 4 is 28.3 Å². The number of hydrogen-bond donors (Lipinski definition) is 1. The van der Waals surface area contributed by atoms with Gasteiger partial charge >= 0.3 is 0 Å². The lowest BCUT2D eigenvalue weighted by Crippen LogP contribution is -2.45. The number of nitrogens with one attached hydrogen (secondary N) is 1. The first-order valence-electron chi connectivity index (χ1n) is 6.92. The molecule has 3 rings (SSSR count). The summed E-state index contributed by atoms with van der Waals surface area (Å²) in [5.74, 6) is 0. The molecule has 0 amide bonds. The zero-order valence-corrected chi connectivity index (χ0v) is 14.1. The lowest BCUT2D eigenvalue weighted by atomic mass is 10.0. The van der Waals surface area contributed by atoms with E-state index in [1.807, 2.05) is 18.5 Å². The molecular formula is C16H19BrClN3. The third kappa shape index (κ3) is 4.04. The third-order valence-corrected chi connectivity index (χ3v) is 4.53. The van der Waals surface area contributed by atoms with Crippen LogP contribution in [0.25, 0.3) is 0 Å². The number of halogens is 2. The molecule has 0 aliphatic carbocycles. The second-order valence-electron chi connectivity index (χ2n) is 5.07. The van der Waals surface area contributed by atoms with E-state index in [9.17, 15) is 0 Å². The van der Waals surface area contributed by atoms with Crippen LogP contribution in [-0.2, 0) is 6.54 Å². The number of aromatic nitrogens is 1. The Labute approximate surface area is 140 Å². The van der Waals surface area contributed by atoms with Gasteiger partial charge in [-0.25, -0.2) is 0 Å². The van der Waals surface area contributed by atoms with Crippen molar-refractivity contribution in [3.05, 3.63) is 64.4 Å². The molecule has 1 aromatic carbocycles. The second-order valence-corrected chi connectivity index (χ2v) is 5.92. The predicted molar refractivity (Wildman–Crippen MR) is 91.6 cm³/mol. The summed E-state index contributed by atoms with van der Waals surface area (Å²) in [6, 6.07) is 13.0. The molecule has 1 fully saturated rings. The van der Waals surface area contributed by atoms with Crippen molar-refractivity contribution in [3.8, 4) is 0 Å². The van der Waals surface area contributed by atoms with Crippen LogP contribution in [0.2, 0.25) is 0 Å². The van der Waals surface area contributed by atoms with E-state index in [1.165, 1.54) is 15.6 Å². The van der Waals surface area contributed by atoms with Gasteiger partial charge in [0, 0.05) is 49.1 Å². The minimum absolute atomic E-state index is 0. The Morgan fingerprint density at radius 3 is 2.86 bits per heavy atom. The molecule has 1 unspecified atom stereocenters. The maximum absolute atomic E-state index is 4.26. The Kier molecular flexibility index (Phi) is 6.18. The van der Waals surface area contributed by atoms with E-state index >= 15 is 0 Å². The number of rotatable bonds is 3. The van der Waals surface area contributed by atoms with E-state index in [-0.39, 0.29) is 12.4 Å². The smallest absolute Gasteiger partial charge is 0.0492 e. The van der Waals surface area contributed by atoms with Crippen LogP contribution in [0.5, 0.6) is 0 Å². The Balaban J connectivity index is 0.00000161. The van der Waals surface area contributed by atoms with Gasteiger partial charge in [0.15, 0.2) is 0 Å². The maximum Gasteiger partial charge on any atom is 0.0492 e. The molecule has 5 heteroatoms. The highest BCUT2D eigenvalue weighted by molar-refractivity contribution is 9.10. The zero-order chi connectivity index (χ0) is 13.8. The molecular weight excluding hydrogens is 350 g/mol. The standard InChI is InChI=1S/C16H18BrN3.ClH/c17-15-6-2-1-4-14(15)12-20-9-8-19-11-16(20)13-5-3-7-18-10-13;/h1-7,10,16,19H,8-9,11-12H2;1H. The van der Waals surface area contributed by atoms with Crippen molar-refractivity contribution in [3.63, 3.8) is 0 Å². The van der Waals surface area contributed by atoms with E-state index < -0.39 is 0 Å². The lowest BCUT2D eigenvalue weighted by Gasteiger charge is -2.36.